The Bertz CT molecular complexity index is 364. The first-order chi connectivity index (χ1) is 6.24. The van der Waals surface area contributed by atoms with Gasteiger partial charge in [-0.2, -0.15) is 5.10 Å². The summed E-state index contributed by atoms with van der Waals surface area (Å²) in [4.78, 5) is 0. The highest BCUT2D eigenvalue weighted by atomic mass is 16.3. The Hall–Kier alpha value is -1.71. The summed E-state index contributed by atoms with van der Waals surface area (Å²) in [6, 6.07) is 5.59. The number of furan rings is 1. The van der Waals surface area contributed by atoms with Crippen molar-refractivity contribution < 1.29 is 4.42 Å². The minimum Gasteiger partial charge on any atom is -0.446 e. The maximum absolute atomic E-state index is 5.44. The van der Waals surface area contributed by atoms with Crippen molar-refractivity contribution in [2.75, 3.05) is 5.73 Å². The summed E-state index contributed by atoms with van der Waals surface area (Å²) in [6.45, 7) is 1.97. The van der Waals surface area contributed by atoms with Crippen molar-refractivity contribution in [3.63, 3.8) is 0 Å². The third-order valence-corrected chi connectivity index (χ3v) is 1.80. The van der Waals surface area contributed by atoms with E-state index in [0.29, 0.717) is 12.3 Å². The van der Waals surface area contributed by atoms with Gasteiger partial charge in [0.05, 0.1) is 12.1 Å². The number of aryl methyl sites for hydroxylation is 1. The number of nitrogens with one attached hydrogen (secondary N) is 1. The average molecular weight is 177 g/mol. The van der Waals surface area contributed by atoms with Crippen LogP contribution in [0.15, 0.2) is 22.6 Å². The molecule has 2 rings (SSSR count). The van der Waals surface area contributed by atoms with Gasteiger partial charge in [0.2, 0.25) is 0 Å². The molecule has 0 saturated carbocycles. The van der Waals surface area contributed by atoms with Gasteiger partial charge >= 0.3 is 0 Å². The predicted molar refractivity (Wildman–Crippen MR) is 49.3 cm³/mol. The number of nitrogens with two attached hydrogens (primary N) is 1. The maximum atomic E-state index is 5.44. The number of hydrogen-bond donors (Lipinski definition) is 2. The van der Waals surface area contributed by atoms with E-state index in [1.165, 1.54) is 0 Å². The monoisotopic (exact) mass is 177 g/mol. The molecule has 0 aliphatic heterocycles. The van der Waals surface area contributed by atoms with Gasteiger partial charge in [-0.15, -0.1) is 0 Å². The number of hydrogen-bond acceptors (Lipinski definition) is 3. The molecule has 0 spiro atoms. The van der Waals surface area contributed by atoms with E-state index < -0.39 is 0 Å². The van der Waals surface area contributed by atoms with E-state index in [-0.39, 0.29) is 0 Å². The minimum absolute atomic E-state index is 0.447. The molecule has 0 aliphatic carbocycles. The summed E-state index contributed by atoms with van der Waals surface area (Å²) >= 11 is 0. The van der Waals surface area contributed by atoms with Crippen LogP contribution >= 0.6 is 0 Å². The molecular formula is C9H11N3O. The van der Waals surface area contributed by atoms with Crippen LogP contribution in [-0.4, -0.2) is 10.2 Å². The maximum Gasteiger partial charge on any atom is 0.190 e. The lowest BCUT2D eigenvalue weighted by molar-refractivity contribution is 0.537. The molecule has 13 heavy (non-hydrogen) atoms. The molecule has 68 valence electrons. The number of rotatable bonds is 2. The van der Waals surface area contributed by atoms with E-state index in [4.69, 9.17) is 10.2 Å². The summed E-state index contributed by atoms with van der Waals surface area (Å²) in [5, 5.41) is 6.97. The van der Waals surface area contributed by atoms with E-state index in [0.717, 1.165) is 17.1 Å². The highest BCUT2D eigenvalue weighted by molar-refractivity contribution is 5.27. The molecule has 0 atom stereocenters. The second-order valence-corrected chi connectivity index (χ2v) is 3.02. The number of anilines is 1. The second kappa shape index (κ2) is 2.97. The third-order valence-electron chi connectivity index (χ3n) is 1.80. The molecule has 4 nitrogen and oxygen atoms in total. The van der Waals surface area contributed by atoms with Gasteiger partial charge in [0.15, 0.2) is 5.88 Å². The van der Waals surface area contributed by atoms with Gasteiger partial charge in [0.1, 0.15) is 5.76 Å². The average Bonchev–Trinajstić information content (AvgIpc) is 2.62. The van der Waals surface area contributed by atoms with E-state index in [1.807, 2.05) is 19.1 Å². The lowest BCUT2D eigenvalue weighted by atomic mass is 10.2. The number of nitrogens with zero attached hydrogens (tertiary/aromatic N) is 1. The fourth-order valence-corrected chi connectivity index (χ4v) is 1.23. The Morgan fingerprint density at radius 2 is 2.38 bits per heavy atom. The van der Waals surface area contributed by atoms with Gasteiger partial charge in [-0.05, 0) is 19.1 Å². The zero-order valence-electron chi connectivity index (χ0n) is 7.37. The SMILES string of the molecule is Cc1cc(Cc2ccc(N)o2)n[nH]1. The molecule has 4 heteroatoms. The highest BCUT2D eigenvalue weighted by Gasteiger charge is 2.03. The topological polar surface area (TPSA) is 67.8 Å². The second-order valence-electron chi connectivity index (χ2n) is 3.02. The molecule has 0 fully saturated rings. The van der Waals surface area contributed by atoms with Crippen molar-refractivity contribution in [3.8, 4) is 0 Å². The quantitative estimate of drug-likeness (QED) is 0.730. The van der Waals surface area contributed by atoms with Gasteiger partial charge in [-0.1, -0.05) is 0 Å². The molecule has 0 saturated heterocycles. The van der Waals surface area contributed by atoms with Crippen LogP contribution in [-0.2, 0) is 6.42 Å². The van der Waals surface area contributed by atoms with Crippen LogP contribution in [0.4, 0.5) is 5.88 Å². The molecular weight excluding hydrogens is 166 g/mol. The number of nitrogen functional groups attached to an aromatic ring is 1. The minimum atomic E-state index is 0.447. The Morgan fingerprint density at radius 3 is 2.92 bits per heavy atom. The van der Waals surface area contributed by atoms with Crippen molar-refractivity contribution in [2.45, 2.75) is 13.3 Å². The summed E-state index contributed by atoms with van der Waals surface area (Å²) in [6.07, 6.45) is 0.682. The standard InChI is InChI=1S/C9H11N3O/c1-6-4-7(12-11-6)5-8-2-3-9(10)13-8/h2-4H,5,10H2,1H3,(H,11,12). The van der Waals surface area contributed by atoms with Crippen LogP contribution < -0.4 is 5.73 Å². The Kier molecular flexibility index (Phi) is 1.81. The summed E-state index contributed by atoms with van der Waals surface area (Å²) in [7, 11) is 0. The first-order valence-electron chi connectivity index (χ1n) is 4.09. The summed E-state index contributed by atoms with van der Waals surface area (Å²) < 4.78 is 5.22. The third kappa shape index (κ3) is 1.72. The first kappa shape index (κ1) is 7.91. The van der Waals surface area contributed by atoms with Gasteiger partial charge in [-0.3, -0.25) is 5.10 Å². The first-order valence-corrected chi connectivity index (χ1v) is 4.09. The summed E-state index contributed by atoms with van der Waals surface area (Å²) in [5.41, 5.74) is 7.46. The van der Waals surface area contributed by atoms with E-state index in [2.05, 4.69) is 10.2 Å². The molecule has 0 amide bonds. The lowest BCUT2D eigenvalue weighted by Crippen LogP contribution is -1.85. The van der Waals surface area contributed by atoms with Crippen molar-refractivity contribution in [3.05, 3.63) is 35.3 Å². The predicted octanol–water partition coefficient (Wildman–Crippen LogP) is 1.48. The van der Waals surface area contributed by atoms with E-state index in [9.17, 15) is 0 Å². The van der Waals surface area contributed by atoms with Gasteiger partial charge in [-0.25, -0.2) is 0 Å². The van der Waals surface area contributed by atoms with Crippen molar-refractivity contribution in [2.24, 2.45) is 0 Å². The molecule has 0 radical (unpaired) electrons. The molecule has 0 unspecified atom stereocenters. The van der Waals surface area contributed by atoms with Crippen molar-refractivity contribution in [1.29, 1.82) is 0 Å². The molecule has 2 aromatic rings. The lowest BCUT2D eigenvalue weighted by Gasteiger charge is -1.90. The molecule has 0 aliphatic rings. The zero-order valence-corrected chi connectivity index (χ0v) is 7.37. The van der Waals surface area contributed by atoms with Gasteiger partial charge in [0, 0.05) is 11.8 Å². The number of aromatic amines is 1. The normalized spacial score (nSPS) is 10.5. The number of H-pyrrole nitrogens is 1. The van der Waals surface area contributed by atoms with Crippen LogP contribution in [0.25, 0.3) is 0 Å². The van der Waals surface area contributed by atoms with Crippen LogP contribution in [0.1, 0.15) is 17.1 Å². The fourth-order valence-electron chi connectivity index (χ4n) is 1.23. The Balaban J connectivity index is 2.14. The van der Waals surface area contributed by atoms with Crippen molar-refractivity contribution >= 4 is 5.88 Å². The van der Waals surface area contributed by atoms with Gasteiger partial charge < -0.3 is 10.2 Å². The van der Waals surface area contributed by atoms with Crippen molar-refractivity contribution in [1.82, 2.24) is 10.2 Å². The smallest absolute Gasteiger partial charge is 0.190 e. The number of aromatic nitrogens is 2. The van der Waals surface area contributed by atoms with E-state index >= 15 is 0 Å². The molecule has 0 bridgehead atoms. The summed E-state index contributed by atoms with van der Waals surface area (Å²) in [5.74, 6) is 1.28. The Morgan fingerprint density at radius 1 is 1.54 bits per heavy atom. The van der Waals surface area contributed by atoms with E-state index in [1.54, 1.807) is 6.07 Å². The highest BCUT2D eigenvalue weighted by Crippen LogP contribution is 2.13. The van der Waals surface area contributed by atoms with Crippen LogP contribution in [0.5, 0.6) is 0 Å². The van der Waals surface area contributed by atoms with Gasteiger partial charge in [0.25, 0.3) is 0 Å². The van der Waals surface area contributed by atoms with Crippen LogP contribution in [0, 0.1) is 6.92 Å². The fraction of sp³-hybridized carbons (Fsp3) is 0.222. The zero-order chi connectivity index (χ0) is 9.26. The molecule has 2 aromatic heterocycles. The van der Waals surface area contributed by atoms with Crippen LogP contribution in [0.2, 0.25) is 0 Å². The molecule has 3 N–H and O–H groups in total. The Labute approximate surface area is 75.7 Å². The van der Waals surface area contributed by atoms with Crippen LogP contribution in [0.3, 0.4) is 0 Å². The largest absolute Gasteiger partial charge is 0.446 e. The molecule has 0 aromatic carbocycles. The molecule has 2 heterocycles.